The average Bonchev–Trinajstić information content (AvgIpc) is 3.17. The Kier molecular flexibility index (Phi) is 7.01. The number of nitrogens with one attached hydrogen (secondary N) is 2. The molecular formula is C27H26N2O6. The molecule has 35 heavy (non-hydrogen) atoms. The fourth-order valence-corrected chi connectivity index (χ4v) is 4.35. The van der Waals surface area contributed by atoms with Gasteiger partial charge in [0.25, 0.3) is 0 Å². The second-order valence-corrected chi connectivity index (χ2v) is 8.34. The Bertz CT molecular complexity index is 1230. The molecule has 3 aromatic rings. The molecule has 0 aromatic heterocycles. The number of carbonyl (C=O) groups excluding carboxylic acids is 2. The van der Waals surface area contributed by atoms with E-state index >= 15 is 0 Å². The molecule has 0 saturated carbocycles. The first-order chi connectivity index (χ1) is 16.9. The number of aromatic hydroxyl groups is 1. The Labute approximate surface area is 202 Å². The van der Waals surface area contributed by atoms with Gasteiger partial charge < -0.3 is 25.6 Å². The summed E-state index contributed by atoms with van der Waals surface area (Å²) >= 11 is 0. The van der Waals surface area contributed by atoms with Gasteiger partial charge >= 0.3 is 12.1 Å². The molecule has 0 unspecified atom stereocenters. The lowest BCUT2D eigenvalue weighted by Crippen LogP contribution is -2.44. The van der Waals surface area contributed by atoms with Crippen molar-refractivity contribution in [2.24, 2.45) is 0 Å². The summed E-state index contributed by atoms with van der Waals surface area (Å²) in [5.41, 5.74) is 4.28. The number of hydrogen-bond acceptors (Lipinski definition) is 5. The van der Waals surface area contributed by atoms with Crippen molar-refractivity contribution in [3.63, 3.8) is 0 Å². The molecule has 0 heterocycles. The molecular weight excluding hydrogens is 448 g/mol. The molecule has 180 valence electrons. The van der Waals surface area contributed by atoms with Crippen molar-refractivity contribution in [3.05, 3.63) is 83.4 Å². The highest BCUT2D eigenvalue weighted by atomic mass is 16.5. The van der Waals surface area contributed by atoms with Crippen molar-refractivity contribution in [3.8, 4) is 16.9 Å². The maximum absolute atomic E-state index is 12.8. The van der Waals surface area contributed by atoms with Crippen LogP contribution in [0.5, 0.6) is 5.75 Å². The van der Waals surface area contributed by atoms with Crippen LogP contribution < -0.4 is 10.6 Å². The summed E-state index contributed by atoms with van der Waals surface area (Å²) in [6.07, 6.45) is 0.273. The highest BCUT2D eigenvalue weighted by molar-refractivity contribution is 5.98. The monoisotopic (exact) mass is 474 g/mol. The third-order valence-corrected chi connectivity index (χ3v) is 6.02. The molecule has 4 rings (SSSR count). The van der Waals surface area contributed by atoms with E-state index in [0.29, 0.717) is 12.8 Å². The Balaban J connectivity index is 1.41. The molecule has 0 aliphatic heterocycles. The molecule has 0 saturated heterocycles. The van der Waals surface area contributed by atoms with Gasteiger partial charge in [-0.2, -0.15) is 0 Å². The molecule has 8 nitrogen and oxygen atoms in total. The molecule has 1 atom stereocenters. The fraction of sp³-hybridized carbons (Fsp3) is 0.222. The van der Waals surface area contributed by atoms with Gasteiger partial charge in [0, 0.05) is 11.6 Å². The maximum Gasteiger partial charge on any atom is 0.407 e. The first-order valence-electron chi connectivity index (χ1n) is 11.4. The Morgan fingerprint density at radius 3 is 2.20 bits per heavy atom. The Morgan fingerprint density at radius 1 is 0.971 bits per heavy atom. The average molecular weight is 475 g/mol. The van der Waals surface area contributed by atoms with Crippen LogP contribution in [0.3, 0.4) is 0 Å². The Morgan fingerprint density at radius 2 is 1.60 bits per heavy atom. The van der Waals surface area contributed by atoms with Crippen molar-refractivity contribution < 1.29 is 29.3 Å². The predicted octanol–water partition coefficient (Wildman–Crippen LogP) is 4.74. The largest absolute Gasteiger partial charge is 0.507 e. The minimum Gasteiger partial charge on any atom is -0.507 e. The zero-order chi connectivity index (χ0) is 24.9. The minimum absolute atomic E-state index is 0.0990. The van der Waals surface area contributed by atoms with Crippen LogP contribution in [-0.4, -0.2) is 40.8 Å². The summed E-state index contributed by atoms with van der Waals surface area (Å²) in [7, 11) is 0. The SMILES string of the molecule is CCC[C@@H](NC(=O)OCC1c2ccccc2-c2ccccc21)C(=O)Nc1ccc(O)c(C(=O)O)c1. The molecule has 1 aliphatic rings. The molecule has 0 bridgehead atoms. The van der Waals surface area contributed by atoms with E-state index in [1.54, 1.807) is 0 Å². The summed E-state index contributed by atoms with van der Waals surface area (Å²) in [4.78, 5) is 36.7. The number of phenols is 1. The first kappa shape index (κ1) is 23.8. The topological polar surface area (TPSA) is 125 Å². The van der Waals surface area contributed by atoms with Crippen molar-refractivity contribution in [2.45, 2.75) is 31.7 Å². The number of hydrogen-bond donors (Lipinski definition) is 4. The summed E-state index contributed by atoms with van der Waals surface area (Å²) in [6.45, 7) is 2.00. The van der Waals surface area contributed by atoms with Crippen LogP contribution in [0.1, 0.15) is 47.2 Å². The lowest BCUT2D eigenvalue weighted by Gasteiger charge is -2.19. The van der Waals surface area contributed by atoms with Gasteiger partial charge in [-0.25, -0.2) is 9.59 Å². The second-order valence-electron chi connectivity index (χ2n) is 8.34. The smallest absolute Gasteiger partial charge is 0.407 e. The van der Waals surface area contributed by atoms with Gasteiger partial charge in [-0.05, 0) is 46.9 Å². The molecule has 0 fully saturated rings. The van der Waals surface area contributed by atoms with Crippen LogP contribution >= 0.6 is 0 Å². The van der Waals surface area contributed by atoms with Gasteiger partial charge in [0.2, 0.25) is 5.91 Å². The lowest BCUT2D eigenvalue weighted by atomic mass is 9.98. The summed E-state index contributed by atoms with van der Waals surface area (Å²) in [5, 5.41) is 24.0. The van der Waals surface area contributed by atoms with Crippen molar-refractivity contribution in [1.29, 1.82) is 0 Å². The van der Waals surface area contributed by atoms with Gasteiger partial charge in [0.05, 0.1) is 0 Å². The lowest BCUT2D eigenvalue weighted by molar-refractivity contribution is -0.118. The molecule has 0 spiro atoms. The normalized spacial score (nSPS) is 12.8. The van der Waals surface area contributed by atoms with Crippen LogP contribution in [0.25, 0.3) is 11.1 Å². The van der Waals surface area contributed by atoms with Gasteiger partial charge in [-0.15, -0.1) is 0 Å². The summed E-state index contributed by atoms with van der Waals surface area (Å²) in [6, 6.07) is 18.9. The maximum atomic E-state index is 12.8. The second kappa shape index (κ2) is 10.3. The van der Waals surface area contributed by atoms with Gasteiger partial charge in [-0.3, -0.25) is 4.79 Å². The quantitative estimate of drug-likeness (QED) is 0.350. The number of carboxylic acids is 1. The number of carbonyl (C=O) groups is 3. The van der Waals surface area contributed by atoms with Crippen LogP contribution in [0.15, 0.2) is 66.7 Å². The van der Waals surface area contributed by atoms with Crippen LogP contribution in [0, 0.1) is 0 Å². The number of benzene rings is 3. The van der Waals surface area contributed by atoms with E-state index in [-0.39, 0.29) is 23.8 Å². The number of ether oxygens (including phenoxy) is 1. The van der Waals surface area contributed by atoms with E-state index in [4.69, 9.17) is 9.84 Å². The first-order valence-corrected chi connectivity index (χ1v) is 11.4. The van der Waals surface area contributed by atoms with E-state index < -0.39 is 29.8 Å². The molecule has 1 aliphatic carbocycles. The highest BCUT2D eigenvalue weighted by Gasteiger charge is 2.29. The number of anilines is 1. The zero-order valence-corrected chi connectivity index (χ0v) is 19.2. The van der Waals surface area contributed by atoms with Crippen LogP contribution in [0.2, 0.25) is 0 Å². The zero-order valence-electron chi connectivity index (χ0n) is 19.2. The number of alkyl carbamates (subject to hydrolysis) is 1. The van der Waals surface area contributed by atoms with E-state index in [1.165, 1.54) is 12.1 Å². The number of carboxylic acid groups (broad SMARTS) is 1. The fourth-order valence-electron chi connectivity index (χ4n) is 4.35. The van der Waals surface area contributed by atoms with E-state index in [0.717, 1.165) is 28.3 Å². The number of aromatic carboxylic acids is 1. The highest BCUT2D eigenvalue weighted by Crippen LogP contribution is 2.44. The Hall–Kier alpha value is -4.33. The van der Waals surface area contributed by atoms with E-state index in [9.17, 15) is 19.5 Å². The number of rotatable bonds is 8. The van der Waals surface area contributed by atoms with Crippen molar-refractivity contribution in [1.82, 2.24) is 5.32 Å². The van der Waals surface area contributed by atoms with Crippen LogP contribution in [-0.2, 0) is 9.53 Å². The van der Waals surface area contributed by atoms with Gasteiger partial charge in [0.1, 0.15) is 24.0 Å². The number of fused-ring (bicyclic) bond motifs is 3. The third-order valence-electron chi connectivity index (χ3n) is 6.02. The van der Waals surface area contributed by atoms with Crippen LogP contribution in [0.4, 0.5) is 10.5 Å². The molecule has 4 N–H and O–H groups in total. The van der Waals surface area contributed by atoms with E-state index in [2.05, 4.69) is 22.8 Å². The standard InChI is InChI=1S/C27H26N2O6/c1-2-7-23(25(31)28-16-12-13-24(30)21(14-16)26(32)33)29-27(34)35-15-22-19-10-5-3-8-17(19)18-9-4-6-11-20(18)22/h3-6,8-14,22-23,30H,2,7,15H2,1H3,(H,28,31)(H,29,34)(H,32,33)/t23-/m1/s1. The summed E-state index contributed by atoms with van der Waals surface area (Å²) in [5.74, 6) is -2.33. The minimum atomic E-state index is -1.32. The molecule has 8 heteroatoms. The van der Waals surface area contributed by atoms with E-state index in [1.807, 2.05) is 43.3 Å². The van der Waals surface area contributed by atoms with Crippen molar-refractivity contribution >= 4 is 23.7 Å². The third kappa shape index (κ3) is 5.11. The predicted molar refractivity (Wildman–Crippen MR) is 131 cm³/mol. The van der Waals surface area contributed by atoms with Gasteiger partial charge in [0.15, 0.2) is 0 Å². The molecule has 3 aromatic carbocycles. The van der Waals surface area contributed by atoms with Gasteiger partial charge in [-0.1, -0.05) is 61.9 Å². The summed E-state index contributed by atoms with van der Waals surface area (Å²) < 4.78 is 5.54. The molecule has 2 amide bonds. The molecule has 0 radical (unpaired) electrons. The van der Waals surface area contributed by atoms with Crippen molar-refractivity contribution in [2.75, 3.05) is 11.9 Å². The number of amides is 2.